The maximum atomic E-state index is 10.6. The van der Waals surface area contributed by atoms with Gasteiger partial charge in [0.1, 0.15) is 17.4 Å². The molecule has 3 heterocycles. The summed E-state index contributed by atoms with van der Waals surface area (Å²) in [6, 6.07) is 29.5. The molecule has 0 atom stereocenters. The minimum absolute atomic E-state index is 0. The summed E-state index contributed by atoms with van der Waals surface area (Å²) in [6.45, 7) is 6.52. The van der Waals surface area contributed by atoms with Gasteiger partial charge < -0.3 is 10.0 Å². The number of phenols is 1. The maximum absolute atomic E-state index is 10.6. The number of nitriles is 1. The van der Waals surface area contributed by atoms with Gasteiger partial charge in [-0.1, -0.05) is 55.8 Å². The molecule has 0 amide bonds. The minimum atomic E-state index is -0.238. The summed E-state index contributed by atoms with van der Waals surface area (Å²) in [4.78, 5) is 11.6. The minimum Gasteiger partial charge on any atom is -0.504 e. The van der Waals surface area contributed by atoms with E-state index in [2.05, 4.69) is 62.1 Å². The number of nitrogens with zero attached hydrogens (tertiary/aromatic N) is 4. The van der Waals surface area contributed by atoms with Crippen LogP contribution in [0.25, 0.3) is 22.2 Å². The summed E-state index contributed by atoms with van der Waals surface area (Å²) in [5, 5.41) is 20.7. The molecule has 0 unspecified atom stereocenters. The molecule has 0 aliphatic carbocycles. The van der Waals surface area contributed by atoms with Crippen molar-refractivity contribution in [3.8, 4) is 23.1 Å². The molecule has 37 heavy (non-hydrogen) atoms. The molecule has 2 aromatic heterocycles. The van der Waals surface area contributed by atoms with Crippen molar-refractivity contribution in [3.05, 3.63) is 107 Å². The van der Waals surface area contributed by atoms with Crippen LogP contribution in [0.3, 0.4) is 0 Å². The SMILES string of the molecule is Cc1ccnc(N2c3[c-]c(-c4ccc5ccc(C#N)c(O)c5n4)ccc3C(C)(C)c3ccccc32)c1.[Pt]. The van der Waals surface area contributed by atoms with Gasteiger partial charge in [0.15, 0.2) is 5.75 Å². The largest absolute Gasteiger partial charge is 0.504 e. The van der Waals surface area contributed by atoms with E-state index in [1.165, 1.54) is 5.56 Å². The van der Waals surface area contributed by atoms with Crippen LogP contribution in [0.1, 0.15) is 36.1 Å². The Morgan fingerprint density at radius 3 is 2.54 bits per heavy atom. The molecule has 0 fully saturated rings. The van der Waals surface area contributed by atoms with E-state index in [1.807, 2.05) is 42.6 Å². The van der Waals surface area contributed by atoms with E-state index in [0.717, 1.165) is 39.3 Å². The summed E-state index contributed by atoms with van der Waals surface area (Å²) in [6.07, 6.45) is 1.83. The Morgan fingerprint density at radius 1 is 0.973 bits per heavy atom. The monoisotopic (exact) mass is 662 g/mol. The smallest absolute Gasteiger partial charge is 0.158 e. The van der Waals surface area contributed by atoms with E-state index in [1.54, 1.807) is 12.1 Å². The Hall–Kier alpha value is -4.00. The molecule has 1 aliphatic heterocycles. The van der Waals surface area contributed by atoms with E-state index in [0.29, 0.717) is 11.2 Å². The summed E-state index contributed by atoms with van der Waals surface area (Å²) < 4.78 is 0. The molecule has 0 saturated heterocycles. The molecular formula is C31H23N4OPt-. The van der Waals surface area contributed by atoms with Crippen molar-refractivity contribution in [2.75, 3.05) is 4.90 Å². The van der Waals surface area contributed by atoms with Gasteiger partial charge >= 0.3 is 0 Å². The van der Waals surface area contributed by atoms with Crippen LogP contribution in [0.5, 0.6) is 5.75 Å². The molecule has 0 spiro atoms. The second-order valence-corrected chi connectivity index (χ2v) is 9.64. The van der Waals surface area contributed by atoms with Gasteiger partial charge in [0.05, 0.1) is 5.56 Å². The molecule has 0 bridgehead atoms. The molecule has 5 aromatic rings. The second kappa shape index (κ2) is 9.14. The first-order chi connectivity index (χ1) is 17.4. The van der Waals surface area contributed by atoms with Gasteiger partial charge in [0.2, 0.25) is 0 Å². The fraction of sp³-hybridized carbons (Fsp3) is 0.129. The fourth-order valence-electron chi connectivity index (χ4n) is 5.07. The predicted octanol–water partition coefficient (Wildman–Crippen LogP) is 7.09. The van der Waals surface area contributed by atoms with Gasteiger partial charge in [-0.25, -0.2) is 4.98 Å². The van der Waals surface area contributed by atoms with E-state index < -0.39 is 0 Å². The Morgan fingerprint density at radius 2 is 1.76 bits per heavy atom. The normalized spacial score (nSPS) is 13.3. The number of hydrogen-bond acceptors (Lipinski definition) is 5. The van der Waals surface area contributed by atoms with Crippen molar-refractivity contribution >= 4 is 28.1 Å². The summed E-state index contributed by atoms with van der Waals surface area (Å²) in [5.41, 5.74) is 7.32. The standard InChI is InChI=1S/C31H23N4O.Pt/c1-19-14-15-33-28(16-19)35-26-7-5-4-6-23(26)31(2,3)24-12-10-21(17-27(24)35)25-13-11-20-8-9-22(18-32)30(36)29(20)34-25;/h4-16,36H,1-3H3;/q-1;. The van der Waals surface area contributed by atoms with E-state index >= 15 is 0 Å². The topological polar surface area (TPSA) is 73.0 Å². The van der Waals surface area contributed by atoms with Crippen LogP contribution in [0.4, 0.5) is 17.2 Å². The number of para-hydroxylation sites is 1. The Bertz CT molecular complexity index is 1720. The zero-order valence-corrected chi connectivity index (χ0v) is 22.8. The quantitative estimate of drug-likeness (QED) is 0.205. The van der Waals surface area contributed by atoms with Gasteiger partial charge in [0, 0.05) is 38.3 Å². The third-order valence-electron chi connectivity index (χ3n) is 7.00. The predicted molar refractivity (Wildman–Crippen MR) is 142 cm³/mol. The molecule has 3 aromatic carbocycles. The average Bonchev–Trinajstić information content (AvgIpc) is 2.89. The number of hydrogen-bond donors (Lipinski definition) is 1. The van der Waals surface area contributed by atoms with Crippen molar-refractivity contribution in [1.82, 2.24) is 9.97 Å². The Balaban J connectivity index is 0.00000280. The number of fused-ring (bicyclic) bond motifs is 3. The third-order valence-corrected chi connectivity index (χ3v) is 7.00. The molecule has 6 heteroatoms. The van der Waals surface area contributed by atoms with Gasteiger partial charge in [-0.2, -0.15) is 5.26 Å². The van der Waals surface area contributed by atoms with Crippen molar-refractivity contribution in [3.63, 3.8) is 0 Å². The van der Waals surface area contributed by atoms with Crippen LogP contribution in [0.2, 0.25) is 0 Å². The number of aryl methyl sites for hydroxylation is 1. The molecular weight excluding hydrogens is 639 g/mol. The first kappa shape index (κ1) is 24.7. The van der Waals surface area contributed by atoms with Crippen LogP contribution in [0, 0.1) is 24.3 Å². The summed E-state index contributed by atoms with van der Waals surface area (Å²) in [7, 11) is 0. The summed E-state index contributed by atoms with van der Waals surface area (Å²) in [5.74, 6) is 0.728. The van der Waals surface area contributed by atoms with E-state index in [9.17, 15) is 10.4 Å². The fourth-order valence-corrected chi connectivity index (χ4v) is 5.07. The van der Waals surface area contributed by atoms with E-state index in [4.69, 9.17) is 9.97 Å². The first-order valence-corrected chi connectivity index (χ1v) is 11.8. The number of aromatic nitrogens is 2. The molecule has 5 nitrogen and oxygen atoms in total. The zero-order chi connectivity index (χ0) is 25.0. The number of pyridine rings is 2. The summed E-state index contributed by atoms with van der Waals surface area (Å²) >= 11 is 0. The second-order valence-electron chi connectivity index (χ2n) is 9.64. The molecule has 0 saturated carbocycles. The van der Waals surface area contributed by atoms with Gasteiger partial charge in [-0.15, -0.1) is 23.8 Å². The van der Waals surface area contributed by atoms with Crippen LogP contribution >= 0.6 is 0 Å². The van der Waals surface area contributed by atoms with Crippen LogP contribution in [-0.2, 0) is 26.5 Å². The van der Waals surface area contributed by atoms with Crippen molar-refractivity contribution in [2.45, 2.75) is 26.2 Å². The van der Waals surface area contributed by atoms with Crippen LogP contribution in [-0.4, -0.2) is 15.1 Å². The number of anilines is 3. The number of phenolic OH excluding ortho intramolecular Hbond substituents is 1. The number of benzene rings is 3. The molecule has 1 aliphatic rings. The Kier molecular flexibility index (Phi) is 6.10. The molecule has 6 rings (SSSR count). The zero-order valence-electron chi connectivity index (χ0n) is 20.6. The first-order valence-electron chi connectivity index (χ1n) is 11.8. The molecule has 184 valence electrons. The van der Waals surface area contributed by atoms with Crippen LogP contribution < -0.4 is 4.90 Å². The third kappa shape index (κ3) is 3.89. The van der Waals surface area contributed by atoms with Gasteiger partial charge in [-0.05, 0) is 59.1 Å². The number of aromatic hydroxyl groups is 1. The van der Waals surface area contributed by atoms with Crippen molar-refractivity contribution in [1.29, 1.82) is 5.26 Å². The maximum Gasteiger partial charge on any atom is 0.158 e. The van der Waals surface area contributed by atoms with Gasteiger partial charge in [0.25, 0.3) is 0 Å². The number of rotatable bonds is 2. The van der Waals surface area contributed by atoms with Crippen LogP contribution in [0.15, 0.2) is 79.0 Å². The van der Waals surface area contributed by atoms with Gasteiger partial charge in [-0.3, -0.25) is 4.98 Å². The van der Waals surface area contributed by atoms with Crippen molar-refractivity contribution < 1.29 is 26.2 Å². The molecule has 0 radical (unpaired) electrons. The molecule has 1 N–H and O–H groups in total. The average molecular weight is 663 g/mol. The van der Waals surface area contributed by atoms with E-state index in [-0.39, 0.29) is 37.8 Å². The van der Waals surface area contributed by atoms with Crippen molar-refractivity contribution in [2.24, 2.45) is 0 Å². The Labute approximate surface area is 230 Å².